The molecule has 0 radical (unpaired) electrons. The molecule has 4 nitrogen and oxygen atoms in total. The van der Waals surface area contributed by atoms with E-state index >= 15 is 0 Å². The Morgan fingerprint density at radius 2 is 0.672 bits per heavy atom. The first kappa shape index (κ1) is 52.9. The Bertz CT molecular complexity index is 1590. The van der Waals surface area contributed by atoms with Gasteiger partial charge in [-0.1, -0.05) is 104 Å². The number of Topliss-reactive ketones (excluding diaryl/α,β-unsaturated/α-hetero) is 2. The van der Waals surface area contributed by atoms with Gasteiger partial charge in [0.1, 0.15) is 0 Å². The number of hydrogen-bond donors (Lipinski definition) is 0. The van der Waals surface area contributed by atoms with Crippen molar-refractivity contribution in [2.75, 3.05) is 22.9 Å². The summed E-state index contributed by atoms with van der Waals surface area (Å²) in [5.74, 6) is -1.01. The van der Waals surface area contributed by atoms with E-state index in [0.29, 0.717) is 0 Å². The molecule has 0 saturated heterocycles. The molecule has 0 unspecified atom stereocenters. The quantitative estimate of drug-likeness (QED) is 0.0387. The number of unbranched alkanes of at least 4 members (excludes halogenated alkanes) is 30. The molecule has 0 bridgehead atoms. The number of aryl methyl sites for hydroxylation is 2. The minimum atomic E-state index is -0.602. The van der Waals surface area contributed by atoms with Crippen LogP contribution in [-0.2, 0) is 9.59 Å². The second-order valence-electron chi connectivity index (χ2n) is 19.8. The summed E-state index contributed by atoms with van der Waals surface area (Å²) in [6.45, 7) is 10.9. The van der Waals surface area contributed by atoms with Gasteiger partial charge in [-0.2, -0.15) is 0 Å². The molecule has 1 aliphatic carbocycles. The van der Waals surface area contributed by atoms with Gasteiger partial charge < -0.3 is 0 Å². The summed E-state index contributed by atoms with van der Waals surface area (Å²) in [4.78, 5) is 32.8. The van der Waals surface area contributed by atoms with Crippen LogP contribution in [0.5, 0.6) is 0 Å². The summed E-state index contributed by atoms with van der Waals surface area (Å²) in [7, 11) is 0. The zero-order valence-electron chi connectivity index (χ0n) is 41.3. The number of carbonyl (C=O) groups is 2. The minimum absolute atomic E-state index is 0.0978. The predicted octanol–water partition coefficient (Wildman–Crippen LogP) is 14.9. The zero-order valence-corrected chi connectivity index (χ0v) is 44.8. The molecule has 5 rings (SSSR count). The van der Waals surface area contributed by atoms with Crippen LogP contribution in [0.25, 0.3) is 0 Å². The fraction of sp³-hybridized carbons (Fsp3) is 0.690. The van der Waals surface area contributed by atoms with Gasteiger partial charge in [-0.3, -0.25) is 0 Å². The maximum absolute atomic E-state index is 13.9. The molecule has 3 aliphatic rings. The zero-order chi connectivity index (χ0) is 45.2. The van der Waals surface area contributed by atoms with Crippen molar-refractivity contribution in [3.63, 3.8) is 0 Å². The molecule has 2 aromatic rings. The first-order valence-electron chi connectivity index (χ1n) is 27.0. The third kappa shape index (κ3) is 17.8. The van der Waals surface area contributed by atoms with Crippen LogP contribution in [0.1, 0.15) is 230 Å². The molecule has 356 valence electrons. The number of ketones is 2. The van der Waals surface area contributed by atoms with Gasteiger partial charge in [-0.05, 0) is 0 Å². The number of fused-ring (bicyclic) bond motifs is 2. The van der Waals surface area contributed by atoms with Crippen LogP contribution in [-0.4, -0.2) is 54.6 Å². The van der Waals surface area contributed by atoms with E-state index in [4.69, 9.17) is 0 Å². The Morgan fingerprint density at radius 1 is 0.406 bits per heavy atom. The normalized spacial score (nSPS) is 18.2. The van der Waals surface area contributed by atoms with Crippen LogP contribution in [0.3, 0.4) is 0 Å². The van der Waals surface area contributed by atoms with Gasteiger partial charge in [0.25, 0.3) is 0 Å². The van der Waals surface area contributed by atoms with Crippen LogP contribution in [0.4, 0.5) is 11.4 Å². The van der Waals surface area contributed by atoms with Gasteiger partial charge in [0.05, 0.1) is 0 Å². The van der Waals surface area contributed by atoms with Crippen molar-refractivity contribution in [3.05, 3.63) is 68.9 Å². The molecule has 1 saturated carbocycles. The van der Waals surface area contributed by atoms with E-state index in [0.717, 1.165) is 25.9 Å². The fourth-order valence-electron chi connectivity index (χ4n) is 9.95. The topological polar surface area (TPSA) is 40.6 Å². The van der Waals surface area contributed by atoms with E-state index in [2.05, 4.69) is 86.0 Å². The van der Waals surface area contributed by atoms with Crippen LogP contribution >= 0.6 is 0 Å². The average molecular weight is 1010 g/mol. The van der Waals surface area contributed by atoms with Crippen molar-refractivity contribution < 1.29 is 9.59 Å². The van der Waals surface area contributed by atoms with Crippen molar-refractivity contribution in [1.82, 2.24) is 0 Å². The first-order chi connectivity index (χ1) is 31.4. The predicted molar refractivity (Wildman–Crippen MR) is 280 cm³/mol. The van der Waals surface area contributed by atoms with E-state index < -0.39 is 11.8 Å². The summed E-state index contributed by atoms with van der Waals surface area (Å²) in [5.41, 5.74) is 5.15. The molecule has 2 aliphatic heterocycles. The molecule has 0 atom stereocenters. The monoisotopic (exact) mass is 1010 g/mol. The Labute approximate surface area is 405 Å². The SMILES string of the molecule is CCCCCCCCCCCCCCCCCCN1/C(=C/C2C(=O)C(/C=C3\[Se]c4ccc(C)cc4N3CCCCCCCCCCCCCCCCCC)C2=O)[Se]c2ccc(C)cc21. The molecular formula is C58H90N2O2Se2. The fourth-order valence-corrected chi connectivity index (χ4v) is 14.7. The van der Waals surface area contributed by atoms with Gasteiger partial charge >= 0.3 is 304 Å². The number of carbonyl (C=O) groups excluding carboxylic acids is 2. The van der Waals surface area contributed by atoms with Crippen molar-refractivity contribution in [3.8, 4) is 0 Å². The average Bonchev–Trinajstić information content (AvgIpc) is 3.82. The van der Waals surface area contributed by atoms with Gasteiger partial charge in [-0.25, -0.2) is 0 Å². The number of hydrogen-bond acceptors (Lipinski definition) is 4. The second kappa shape index (κ2) is 31.0. The van der Waals surface area contributed by atoms with E-state index in [9.17, 15) is 9.59 Å². The van der Waals surface area contributed by atoms with E-state index in [1.807, 2.05) is 0 Å². The molecule has 0 spiro atoms. The Balaban J connectivity index is 1.03. The second-order valence-corrected chi connectivity index (χ2v) is 24.3. The summed E-state index contributed by atoms with van der Waals surface area (Å²) in [5, 5.41) is 0. The Kier molecular flexibility index (Phi) is 25.6. The molecule has 0 N–H and O–H groups in total. The van der Waals surface area contributed by atoms with E-state index in [1.54, 1.807) is 0 Å². The van der Waals surface area contributed by atoms with Crippen molar-refractivity contribution >= 4 is 61.8 Å². The van der Waals surface area contributed by atoms with Gasteiger partial charge in [0.15, 0.2) is 0 Å². The Hall–Kier alpha value is -2.10. The third-order valence-corrected chi connectivity index (χ3v) is 18.8. The molecular weight excluding hydrogens is 915 g/mol. The number of allylic oxidation sites excluding steroid dienone is 2. The summed E-state index contributed by atoms with van der Waals surface area (Å²) >= 11 is 0.222. The first-order valence-corrected chi connectivity index (χ1v) is 30.5. The third-order valence-electron chi connectivity index (χ3n) is 14.1. The standard InChI is InChI=1S/C58H90N2O2Se2/c1-5-7-9-11-13-15-17-19-21-23-25-27-29-31-33-35-41-59-51-43-47(3)37-39-53(51)63-55(59)45-49-57(61)50(58(49)62)46-56-60(52-44-48(4)38-40-54(52)64-56)42-36-34-32-30-28-26-24-22-20-18-16-14-12-10-8-6-2/h37-40,43-46,49-50H,5-36,41-42H2,1-4H3/b55-45-,56-46-. The van der Waals surface area contributed by atoms with Crippen LogP contribution in [0, 0.1) is 25.7 Å². The molecule has 0 aromatic heterocycles. The number of anilines is 2. The molecule has 0 amide bonds. The molecule has 6 heteroatoms. The van der Waals surface area contributed by atoms with E-state index in [1.165, 1.54) is 233 Å². The number of benzene rings is 2. The number of rotatable bonds is 36. The van der Waals surface area contributed by atoms with Gasteiger partial charge in [0, 0.05) is 0 Å². The summed E-state index contributed by atoms with van der Waals surface area (Å²) < 4.78 is 5.19. The van der Waals surface area contributed by atoms with Crippen LogP contribution < -0.4 is 18.7 Å². The summed E-state index contributed by atoms with van der Waals surface area (Å²) in [6, 6.07) is 13.6. The molecule has 1 fully saturated rings. The van der Waals surface area contributed by atoms with Crippen molar-refractivity contribution in [1.29, 1.82) is 0 Å². The molecule has 2 heterocycles. The van der Waals surface area contributed by atoms with Crippen LogP contribution in [0.2, 0.25) is 0 Å². The number of nitrogens with zero attached hydrogens (tertiary/aromatic N) is 2. The van der Waals surface area contributed by atoms with E-state index in [-0.39, 0.29) is 41.5 Å². The molecule has 2 aromatic carbocycles. The molecule has 64 heavy (non-hydrogen) atoms. The summed E-state index contributed by atoms with van der Waals surface area (Å²) in [6.07, 6.45) is 48.0. The van der Waals surface area contributed by atoms with Crippen molar-refractivity contribution in [2.45, 2.75) is 233 Å². The maximum atomic E-state index is 13.9. The Morgan fingerprint density at radius 3 is 0.953 bits per heavy atom. The van der Waals surface area contributed by atoms with Crippen molar-refractivity contribution in [2.24, 2.45) is 11.8 Å². The van der Waals surface area contributed by atoms with Gasteiger partial charge in [-0.15, -0.1) is 0 Å². The van der Waals surface area contributed by atoms with Gasteiger partial charge in [0.2, 0.25) is 0 Å². The van der Waals surface area contributed by atoms with Crippen LogP contribution in [0.15, 0.2) is 57.7 Å².